The van der Waals surface area contributed by atoms with Gasteiger partial charge in [-0.15, -0.1) is 0 Å². The zero-order valence-corrected chi connectivity index (χ0v) is 18.2. The zero-order chi connectivity index (χ0) is 20.5. The quantitative estimate of drug-likeness (QED) is 0.345. The van der Waals surface area contributed by atoms with Gasteiger partial charge < -0.3 is 4.74 Å². The van der Waals surface area contributed by atoms with Crippen molar-refractivity contribution in [2.24, 2.45) is 0 Å². The van der Waals surface area contributed by atoms with Crippen molar-refractivity contribution in [3.63, 3.8) is 0 Å². The normalized spacial score (nSPS) is 11.9. The van der Waals surface area contributed by atoms with Crippen LogP contribution in [-0.2, 0) is 22.3 Å². The highest BCUT2D eigenvalue weighted by Gasteiger charge is 2.26. The van der Waals surface area contributed by atoms with E-state index in [9.17, 15) is 9.00 Å². The van der Waals surface area contributed by atoms with Crippen LogP contribution in [0.2, 0.25) is 5.02 Å². The molecule has 0 spiro atoms. The van der Waals surface area contributed by atoms with Crippen molar-refractivity contribution in [1.29, 1.82) is 0 Å². The molecule has 0 saturated heterocycles. The number of hydrogen-bond acceptors (Lipinski definition) is 4. The predicted molar refractivity (Wildman–Crippen MR) is 115 cm³/mol. The van der Waals surface area contributed by atoms with Gasteiger partial charge >= 0.3 is 5.97 Å². The maximum Gasteiger partial charge on any atom is 0.343 e. The largest absolute Gasteiger partial charge is 0.457 e. The van der Waals surface area contributed by atoms with Crippen LogP contribution in [0.1, 0.15) is 42.6 Å². The Morgan fingerprint density at radius 1 is 1.18 bits per heavy atom. The van der Waals surface area contributed by atoms with Gasteiger partial charge in [0.05, 0.1) is 10.7 Å². The first-order chi connectivity index (χ1) is 13.5. The van der Waals surface area contributed by atoms with Gasteiger partial charge in [-0.1, -0.05) is 55.8 Å². The first-order valence-corrected chi connectivity index (χ1v) is 11.6. The first kappa shape index (κ1) is 22.7. The third-order valence-electron chi connectivity index (χ3n) is 3.66. The van der Waals surface area contributed by atoms with E-state index in [1.807, 2.05) is 32.0 Å². The molecular weight excluding hydrogens is 421 g/mol. The Morgan fingerprint density at radius 3 is 2.54 bits per heavy atom. The topological polar surface area (TPSA) is 46.6 Å². The van der Waals surface area contributed by atoms with Crippen LogP contribution in [0.15, 0.2) is 42.5 Å². The lowest BCUT2D eigenvalue weighted by atomic mass is 10.2. The minimum atomic E-state index is -1.42. The van der Waals surface area contributed by atoms with Crippen LogP contribution in [0.25, 0.3) is 0 Å². The Balaban J connectivity index is 2.29. The molecule has 0 aliphatic rings. The Kier molecular flexibility index (Phi) is 9.28. The van der Waals surface area contributed by atoms with Crippen LogP contribution in [-0.4, -0.2) is 21.7 Å². The average Bonchev–Trinajstić information content (AvgIpc) is 2.69. The lowest BCUT2D eigenvalue weighted by Crippen LogP contribution is -2.23. The van der Waals surface area contributed by atoms with Crippen LogP contribution >= 0.6 is 23.5 Å². The molecule has 0 aliphatic heterocycles. The molecule has 0 N–H and O–H groups in total. The molecule has 8 heteroatoms. The summed E-state index contributed by atoms with van der Waals surface area (Å²) in [5.41, 5.74) is 0.514. The molecule has 1 atom stereocenters. The molecule has 2 aromatic rings. The maximum atomic E-state index is 15.2. The molecule has 1 unspecified atom stereocenters. The van der Waals surface area contributed by atoms with Gasteiger partial charge in [0.15, 0.2) is 5.82 Å². The van der Waals surface area contributed by atoms with E-state index in [-0.39, 0.29) is 22.9 Å². The number of carbonyl (C=O) groups is 1. The minimum absolute atomic E-state index is 0.00966. The number of rotatable bonds is 10. The SMILES string of the molecule is CCCSN(c1ccc(Cl)c(C(=O)OCc2ccccc2)c1F)S(=O)CCC. The Labute approximate surface area is 177 Å². The van der Waals surface area contributed by atoms with Crippen LogP contribution in [0.4, 0.5) is 10.1 Å². The van der Waals surface area contributed by atoms with Gasteiger partial charge in [0.1, 0.15) is 23.2 Å². The fraction of sp³-hybridized carbons (Fsp3) is 0.350. The number of ether oxygens (including phenoxy) is 1. The molecule has 0 amide bonds. The van der Waals surface area contributed by atoms with E-state index in [4.69, 9.17) is 16.3 Å². The maximum absolute atomic E-state index is 15.2. The molecule has 0 bridgehead atoms. The number of anilines is 1. The highest BCUT2D eigenvalue weighted by atomic mass is 35.5. The van der Waals surface area contributed by atoms with Gasteiger partial charge in [-0.2, -0.15) is 0 Å². The molecule has 0 aliphatic carbocycles. The number of carbonyl (C=O) groups excluding carboxylic acids is 1. The van der Waals surface area contributed by atoms with E-state index in [1.165, 1.54) is 27.8 Å². The minimum Gasteiger partial charge on any atom is -0.457 e. The molecule has 152 valence electrons. The van der Waals surface area contributed by atoms with Crippen molar-refractivity contribution in [2.45, 2.75) is 33.3 Å². The van der Waals surface area contributed by atoms with Crippen molar-refractivity contribution in [3.8, 4) is 0 Å². The first-order valence-electron chi connectivity index (χ1n) is 9.00. The highest BCUT2D eigenvalue weighted by Crippen LogP contribution is 2.34. The van der Waals surface area contributed by atoms with E-state index >= 15 is 4.39 Å². The molecule has 2 aromatic carbocycles. The Bertz CT molecular complexity index is 821. The summed E-state index contributed by atoms with van der Waals surface area (Å²) in [6.07, 6.45) is 1.53. The van der Waals surface area contributed by atoms with Crippen LogP contribution in [0.3, 0.4) is 0 Å². The molecule has 28 heavy (non-hydrogen) atoms. The van der Waals surface area contributed by atoms with Gasteiger partial charge in [0, 0.05) is 11.5 Å². The summed E-state index contributed by atoms with van der Waals surface area (Å²) in [4.78, 5) is 12.5. The summed E-state index contributed by atoms with van der Waals surface area (Å²) in [7, 11) is -1.42. The summed E-state index contributed by atoms with van der Waals surface area (Å²) in [5.74, 6) is -0.605. The fourth-order valence-corrected chi connectivity index (χ4v) is 4.98. The van der Waals surface area contributed by atoms with Crippen molar-refractivity contribution < 1.29 is 18.1 Å². The lowest BCUT2D eigenvalue weighted by molar-refractivity contribution is 0.0467. The number of hydrogen-bond donors (Lipinski definition) is 0. The van der Waals surface area contributed by atoms with E-state index in [1.54, 1.807) is 12.1 Å². The highest BCUT2D eigenvalue weighted by molar-refractivity contribution is 8.12. The molecular formula is C20H23ClFNO3S2. The van der Waals surface area contributed by atoms with Gasteiger partial charge in [0.2, 0.25) is 0 Å². The van der Waals surface area contributed by atoms with Crippen LogP contribution < -0.4 is 3.71 Å². The third kappa shape index (κ3) is 5.96. The number of halogens is 2. The van der Waals surface area contributed by atoms with Crippen molar-refractivity contribution in [2.75, 3.05) is 15.2 Å². The van der Waals surface area contributed by atoms with E-state index in [0.717, 1.165) is 12.0 Å². The standard InChI is InChI=1S/C20H23ClFNO3S2/c1-3-12-27-23(28(25)13-4-2)17-11-10-16(21)18(19(17)22)20(24)26-14-15-8-6-5-7-9-15/h5-11H,3-4,12-14H2,1-2H3. The predicted octanol–water partition coefficient (Wildman–Crippen LogP) is 5.77. The second kappa shape index (κ2) is 11.4. The smallest absolute Gasteiger partial charge is 0.343 e. The van der Waals surface area contributed by atoms with Gasteiger partial charge in [-0.3, -0.25) is 0 Å². The lowest BCUT2D eigenvalue weighted by Gasteiger charge is -2.23. The van der Waals surface area contributed by atoms with Crippen molar-refractivity contribution >= 4 is 46.2 Å². The Hall–Kier alpha value is -1.57. The van der Waals surface area contributed by atoms with Crippen molar-refractivity contribution in [3.05, 3.63) is 64.4 Å². The number of esters is 1. The summed E-state index contributed by atoms with van der Waals surface area (Å²) in [6, 6.07) is 12.0. The van der Waals surface area contributed by atoms with E-state index < -0.39 is 22.8 Å². The van der Waals surface area contributed by atoms with Crippen LogP contribution in [0, 0.1) is 5.82 Å². The molecule has 0 heterocycles. The summed E-state index contributed by atoms with van der Waals surface area (Å²) in [6.45, 7) is 3.90. The van der Waals surface area contributed by atoms with Crippen molar-refractivity contribution in [1.82, 2.24) is 0 Å². The second-order valence-corrected chi connectivity index (χ2v) is 9.02. The number of nitrogens with zero attached hydrogens (tertiary/aromatic N) is 1. The van der Waals surface area contributed by atoms with E-state index in [2.05, 4.69) is 0 Å². The molecule has 0 saturated carbocycles. The third-order valence-corrected chi connectivity index (χ3v) is 7.14. The zero-order valence-electron chi connectivity index (χ0n) is 15.8. The summed E-state index contributed by atoms with van der Waals surface area (Å²) < 4.78 is 34.5. The average molecular weight is 444 g/mol. The Morgan fingerprint density at radius 2 is 1.89 bits per heavy atom. The molecule has 2 rings (SSSR count). The molecule has 0 aromatic heterocycles. The fourth-order valence-electron chi connectivity index (χ4n) is 2.33. The number of benzene rings is 2. The van der Waals surface area contributed by atoms with Gasteiger partial charge in [-0.25, -0.2) is 17.1 Å². The van der Waals surface area contributed by atoms with Gasteiger partial charge in [0.25, 0.3) is 0 Å². The molecule has 0 radical (unpaired) electrons. The summed E-state index contributed by atoms with van der Waals surface area (Å²) >= 11 is 7.36. The molecule has 4 nitrogen and oxygen atoms in total. The molecule has 0 fully saturated rings. The monoisotopic (exact) mass is 443 g/mol. The second-order valence-electron chi connectivity index (χ2n) is 5.93. The van der Waals surface area contributed by atoms with Crippen LogP contribution in [0.5, 0.6) is 0 Å². The summed E-state index contributed by atoms with van der Waals surface area (Å²) in [5, 5.41) is -0.0407. The van der Waals surface area contributed by atoms with E-state index in [0.29, 0.717) is 17.9 Å². The van der Waals surface area contributed by atoms with Gasteiger partial charge in [-0.05, 0) is 42.5 Å².